The number of aliphatic hydroxyl groups excluding tert-OH is 1. The molecule has 1 aromatic carbocycles. The summed E-state index contributed by atoms with van der Waals surface area (Å²) in [4.78, 5) is 42.3. The Kier molecular flexibility index (Phi) is 6.46. The lowest BCUT2D eigenvalue weighted by molar-refractivity contribution is -0.148. The lowest BCUT2D eigenvalue weighted by Gasteiger charge is -2.37. The minimum absolute atomic E-state index is 0.182. The van der Waals surface area contributed by atoms with Crippen LogP contribution >= 0.6 is 11.6 Å². The minimum Gasteiger partial charge on any atom is -0.394 e. The van der Waals surface area contributed by atoms with Crippen LogP contribution in [0.15, 0.2) is 18.2 Å². The Hall–Kier alpha value is -2.16. The van der Waals surface area contributed by atoms with Gasteiger partial charge < -0.3 is 25.4 Å². The third-order valence-corrected chi connectivity index (χ3v) is 8.12. The first-order chi connectivity index (χ1) is 16.0. The SMILES string of the molecule is CNC(=O)[C@@H]1[C@H]2C(=O)N([C@@H](CO)CC(C)C)C(C(=O)Nc3c(C)cccc3Cl)C23CC[C@@]1(C)O3. The molecule has 0 saturated carbocycles. The smallest absolute Gasteiger partial charge is 0.250 e. The molecular formula is C25H34ClN3O5. The number of aryl methyl sites for hydroxylation is 1. The van der Waals surface area contributed by atoms with E-state index in [9.17, 15) is 19.5 Å². The summed E-state index contributed by atoms with van der Waals surface area (Å²) >= 11 is 6.38. The maximum absolute atomic E-state index is 14.0. The first-order valence-corrected chi connectivity index (χ1v) is 12.3. The number of nitrogens with zero attached hydrogens (tertiary/aromatic N) is 1. The van der Waals surface area contributed by atoms with Crippen LogP contribution in [-0.4, -0.2) is 64.7 Å². The molecule has 3 amide bonds. The molecule has 3 fully saturated rings. The van der Waals surface area contributed by atoms with E-state index in [4.69, 9.17) is 16.3 Å². The van der Waals surface area contributed by atoms with Crippen molar-refractivity contribution >= 4 is 35.0 Å². The number of hydrogen-bond donors (Lipinski definition) is 3. The Bertz CT molecular complexity index is 996. The van der Waals surface area contributed by atoms with E-state index in [2.05, 4.69) is 10.6 Å². The molecule has 2 unspecified atom stereocenters. The first-order valence-electron chi connectivity index (χ1n) is 11.9. The predicted molar refractivity (Wildman–Crippen MR) is 128 cm³/mol. The maximum Gasteiger partial charge on any atom is 0.250 e. The largest absolute Gasteiger partial charge is 0.394 e. The quantitative estimate of drug-likeness (QED) is 0.543. The molecule has 3 aliphatic rings. The number of fused-ring (bicyclic) bond motifs is 1. The molecule has 8 nitrogen and oxygen atoms in total. The van der Waals surface area contributed by atoms with Crippen LogP contribution in [0.2, 0.25) is 5.02 Å². The molecule has 34 heavy (non-hydrogen) atoms. The number of para-hydroxylation sites is 1. The fourth-order valence-electron chi connectivity index (χ4n) is 6.42. The molecule has 1 aromatic rings. The second-order valence-corrected chi connectivity index (χ2v) is 10.9. The van der Waals surface area contributed by atoms with Gasteiger partial charge in [-0.25, -0.2) is 0 Å². The van der Waals surface area contributed by atoms with Crippen LogP contribution in [-0.2, 0) is 19.1 Å². The van der Waals surface area contributed by atoms with Gasteiger partial charge >= 0.3 is 0 Å². The van der Waals surface area contributed by atoms with Crippen molar-refractivity contribution in [2.75, 3.05) is 19.0 Å². The van der Waals surface area contributed by atoms with E-state index in [1.54, 1.807) is 19.2 Å². The number of nitrogens with one attached hydrogen (secondary N) is 2. The van der Waals surface area contributed by atoms with Crippen LogP contribution in [0.1, 0.15) is 45.6 Å². The number of rotatable bonds is 7. The average Bonchev–Trinajstić information content (AvgIpc) is 3.34. The Morgan fingerprint density at radius 3 is 2.59 bits per heavy atom. The zero-order chi connectivity index (χ0) is 25.0. The van der Waals surface area contributed by atoms with Crippen molar-refractivity contribution < 1.29 is 24.2 Å². The number of ether oxygens (including phenoxy) is 1. The van der Waals surface area contributed by atoms with Crippen LogP contribution in [0, 0.1) is 24.7 Å². The van der Waals surface area contributed by atoms with Crippen molar-refractivity contribution in [1.29, 1.82) is 0 Å². The zero-order valence-electron chi connectivity index (χ0n) is 20.4. The minimum atomic E-state index is -1.15. The van der Waals surface area contributed by atoms with Crippen LogP contribution < -0.4 is 10.6 Å². The number of likely N-dealkylation sites (tertiary alicyclic amines) is 1. The van der Waals surface area contributed by atoms with Gasteiger partial charge in [-0.1, -0.05) is 37.6 Å². The molecule has 2 bridgehead atoms. The number of halogens is 1. The van der Waals surface area contributed by atoms with Crippen LogP contribution in [0.3, 0.4) is 0 Å². The fourth-order valence-corrected chi connectivity index (χ4v) is 6.68. The zero-order valence-corrected chi connectivity index (χ0v) is 21.1. The standard InChI is InChI=1S/C25H34ClN3O5/c1-13(2)11-15(12-30)29-20(22(32)28-19-14(3)7-6-8-16(19)26)25-10-9-24(4,34-25)17(21(31)27-5)18(25)23(29)33/h6-8,13,15,17-18,20,30H,9-12H2,1-5H3,(H,27,31)(H,28,32)/t15-,17+,18+,20?,24-,25?/m1/s1. The van der Waals surface area contributed by atoms with Crippen molar-refractivity contribution in [3.63, 3.8) is 0 Å². The molecule has 186 valence electrons. The fraction of sp³-hybridized carbons (Fsp3) is 0.640. The van der Waals surface area contributed by atoms with E-state index in [-0.39, 0.29) is 24.3 Å². The van der Waals surface area contributed by atoms with E-state index < -0.39 is 41.0 Å². The van der Waals surface area contributed by atoms with Gasteiger partial charge in [-0.3, -0.25) is 14.4 Å². The van der Waals surface area contributed by atoms with Gasteiger partial charge in [0.15, 0.2) is 0 Å². The molecule has 3 heterocycles. The molecule has 0 radical (unpaired) electrons. The summed E-state index contributed by atoms with van der Waals surface area (Å²) in [7, 11) is 1.54. The number of amides is 3. The monoisotopic (exact) mass is 491 g/mol. The molecule has 3 aliphatic heterocycles. The van der Waals surface area contributed by atoms with Gasteiger partial charge in [0.2, 0.25) is 17.7 Å². The van der Waals surface area contributed by atoms with E-state index >= 15 is 0 Å². The second kappa shape index (κ2) is 8.81. The summed E-state index contributed by atoms with van der Waals surface area (Å²) in [6.45, 7) is 7.41. The van der Waals surface area contributed by atoms with E-state index in [0.29, 0.717) is 30.0 Å². The van der Waals surface area contributed by atoms with Gasteiger partial charge in [0.25, 0.3) is 0 Å². The number of aliphatic hydroxyl groups is 1. The highest BCUT2D eigenvalue weighted by atomic mass is 35.5. The molecule has 6 atom stereocenters. The summed E-state index contributed by atoms with van der Waals surface area (Å²) in [5, 5.41) is 16.3. The van der Waals surface area contributed by atoms with E-state index in [1.165, 1.54) is 4.90 Å². The molecule has 3 saturated heterocycles. The summed E-state index contributed by atoms with van der Waals surface area (Å²) < 4.78 is 6.54. The highest BCUT2D eigenvalue weighted by Gasteiger charge is 2.78. The maximum atomic E-state index is 14.0. The Balaban J connectivity index is 1.81. The summed E-state index contributed by atoms with van der Waals surface area (Å²) in [6.07, 6.45) is 1.55. The Morgan fingerprint density at radius 2 is 2.00 bits per heavy atom. The first kappa shape index (κ1) is 24.9. The third-order valence-electron chi connectivity index (χ3n) is 7.81. The summed E-state index contributed by atoms with van der Waals surface area (Å²) in [5.41, 5.74) is -0.712. The van der Waals surface area contributed by atoms with Gasteiger partial charge in [-0.15, -0.1) is 0 Å². The van der Waals surface area contributed by atoms with E-state index in [1.807, 2.05) is 33.8 Å². The number of anilines is 1. The van der Waals surface area contributed by atoms with Crippen LogP contribution in [0.4, 0.5) is 5.69 Å². The van der Waals surface area contributed by atoms with Crippen LogP contribution in [0.5, 0.6) is 0 Å². The highest BCUT2D eigenvalue weighted by molar-refractivity contribution is 6.34. The van der Waals surface area contributed by atoms with Crippen molar-refractivity contribution in [2.45, 2.75) is 70.2 Å². The van der Waals surface area contributed by atoms with Gasteiger partial charge in [0, 0.05) is 7.05 Å². The van der Waals surface area contributed by atoms with Crippen molar-refractivity contribution in [3.8, 4) is 0 Å². The third kappa shape index (κ3) is 3.62. The van der Waals surface area contributed by atoms with E-state index in [0.717, 1.165) is 5.56 Å². The lowest BCUT2D eigenvalue weighted by atomic mass is 9.66. The normalized spacial score (nSPS) is 32.8. The average molecular weight is 492 g/mol. The second-order valence-electron chi connectivity index (χ2n) is 10.5. The van der Waals surface area contributed by atoms with Crippen LogP contribution in [0.25, 0.3) is 0 Å². The van der Waals surface area contributed by atoms with Gasteiger partial charge in [-0.05, 0) is 50.7 Å². The van der Waals surface area contributed by atoms with Crippen molar-refractivity contribution in [2.24, 2.45) is 17.8 Å². The Morgan fingerprint density at radius 1 is 1.29 bits per heavy atom. The molecule has 0 aliphatic carbocycles. The molecular weight excluding hydrogens is 458 g/mol. The van der Waals surface area contributed by atoms with Gasteiger partial charge in [0.05, 0.1) is 40.8 Å². The van der Waals surface area contributed by atoms with Crippen molar-refractivity contribution in [3.05, 3.63) is 28.8 Å². The summed E-state index contributed by atoms with van der Waals surface area (Å²) in [6, 6.07) is 3.77. The topological polar surface area (TPSA) is 108 Å². The van der Waals surface area contributed by atoms with Gasteiger partial charge in [-0.2, -0.15) is 0 Å². The lowest BCUT2D eigenvalue weighted by Crippen LogP contribution is -2.56. The van der Waals surface area contributed by atoms with Crippen molar-refractivity contribution in [1.82, 2.24) is 10.2 Å². The predicted octanol–water partition coefficient (Wildman–Crippen LogP) is 2.50. The number of hydrogen-bond acceptors (Lipinski definition) is 5. The van der Waals surface area contributed by atoms with Gasteiger partial charge in [0.1, 0.15) is 11.6 Å². The molecule has 4 rings (SSSR count). The number of benzene rings is 1. The molecule has 0 aromatic heterocycles. The molecule has 1 spiro atoms. The number of carbonyl (C=O) groups excluding carboxylic acids is 3. The molecule has 9 heteroatoms. The Labute approximate surface area is 205 Å². The molecule has 3 N–H and O–H groups in total. The highest BCUT2D eigenvalue weighted by Crippen LogP contribution is 2.63. The number of carbonyl (C=O) groups is 3. The summed E-state index contributed by atoms with van der Waals surface area (Å²) in [5.74, 6) is -2.32.